The van der Waals surface area contributed by atoms with Crippen LogP contribution in [0.15, 0.2) is 53.3 Å². The molecule has 0 bridgehead atoms. The second-order valence-corrected chi connectivity index (χ2v) is 5.92. The van der Waals surface area contributed by atoms with Gasteiger partial charge in [0, 0.05) is 30.3 Å². The minimum absolute atomic E-state index is 0.112. The normalized spacial score (nSPS) is 11.0. The fourth-order valence-corrected chi connectivity index (χ4v) is 2.81. The second-order valence-electron chi connectivity index (χ2n) is 5.92. The maximum atomic E-state index is 11.1. The SMILES string of the molecule is CCn1cnc2ccc(-c3noc(-c4ccc(NC(C)=O)cc4)n3)cc21. The van der Waals surface area contributed by atoms with E-state index in [9.17, 15) is 4.79 Å². The number of nitrogens with one attached hydrogen (secondary N) is 1. The summed E-state index contributed by atoms with van der Waals surface area (Å²) < 4.78 is 7.48. The van der Waals surface area contributed by atoms with E-state index in [2.05, 4.69) is 31.9 Å². The highest BCUT2D eigenvalue weighted by Gasteiger charge is 2.12. The number of hydrogen-bond acceptors (Lipinski definition) is 5. The molecule has 0 saturated carbocycles. The molecule has 0 atom stereocenters. The van der Waals surface area contributed by atoms with Gasteiger partial charge in [0.1, 0.15) is 0 Å². The topological polar surface area (TPSA) is 85.8 Å². The number of fused-ring (bicyclic) bond motifs is 1. The first kappa shape index (κ1) is 16.0. The number of rotatable bonds is 4. The van der Waals surface area contributed by atoms with Crippen LogP contribution in [-0.4, -0.2) is 25.6 Å². The van der Waals surface area contributed by atoms with E-state index in [0.29, 0.717) is 11.7 Å². The van der Waals surface area contributed by atoms with Crippen molar-refractivity contribution < 1.29 is 9.32 Å². The van der Waals surface area contributed by atoms with Crippen molar-refractivity contribution in [1.82, 2.24) is 19.7 Å². The first-order valence-electron chi connectivity index (χ1n) is 8.31. The summed E-state index contributed by atoms with van der Waals surface area (Å²) in [6, 6.07) is 13.2. The average Bonchev–Trinajstić information content (AvgIpc) is 3.28. The minimum Gasteiger partial charge on any atom is -0.334 e. The maximum absolute atomic E-state index is 11.1. The van der Waals surface area contributed by atoms with Crippen molar-refractivity contribution in [3.05, 3.63) is 48.8 Å². The third-order valence-electron chi connectivity index (χ3n) is 4.10. The lowest BCUT2D eigenvalue weighted by molar-refractivity contribution is -0.114. The van der Waals surface area contributed by atoms with Crippen LogP contribution < -0.4 is 5.32 Å². The molecular formula is C19H17N5O2. The summed E-state index contributed by atoms with van der Waals surface area (Å²) in [6.45, 7) is 4.39. The van der Waals surface area contributed by atoms with Gasteiger partial charge in [-0.3, -0.25) is 4.79 Å². The Balaban J connectivity index is 1.64. The van der Waals surface area contributed by atoms with Crippen molar-refractivity contribution >= 4 is 22.6 Å². The number of nitrogens with zero attached hydrogens (tertiary/aromatic N) is 4. The van der Waals surface area contributed by atoms with Gasteiger partial charge >= 0.3 is 0 Å². The van der Waals surface area contributed by atoms with Crippen LogP contribution in [0.5, 0.6) is 0 Å². The molecule has 2 aromatic heterocycles. The number of hydrogen-bond donors (Lipinski definition) is 1. The van der Waals surface area contributed by atoms with E-state index >= 15 is 0 Å². The van der Waals surface area contributed by atoms with Crippen LogP contribution in [0.1, 0.15) is 13.8 Å². The van der Waals surface area contributed by atoms with Crippen LogP contribution >= 0.6 is 0 Å². The molecular weight excluding hydrogens is 330 g/mol. The Labute approximate surface area is 149 Å². The largest absolute Gasteiger partial charge is 0.334 e. The van der Waals surface area contributed by atoms with Gasteiger partial charge in [0.2, 0.25) is 11.7 Å². The van der Waals surface area contributed by atoms with Crippen molar-refractivity contribution in [3.63, 3.8) is 0 Å². The first-order chi connectivity index (χ1) is 12.6. The molecule has 0 fully saturated rings. The first-order valence-corrected chi connectivity index (χ1v) is 8.31. The highest BCUT2D eigenvalue weighted by atomic mass is 16.5. The fraction of sp³-hybridized carbons (Fsp3) is 0.158. The van der Waals surface area contributed by atoms with E-state index in [-0.39, 0.29) is 5.91 Å². The van der Waals surface area contributed by atoms with Gasteiger partial charge in [-0.05, 0) is 49.4 Å². The summed E-state index contributed by atoms with van der Waals surface area (Å²) >= 11 is 0. The number of aromatic nitrogens is 4. The molecule has 0 radical (unpaired) electrons. The van der Waals surface area contributed by atoms with Crippen molar-refractivity contribution in [2.45, 2.75) is 20.4 Å². The van der Waals surface area contributed by atoms with Gasteiger partial charge in [-0.25, -0.2) is 4.98 Å². The molecule has 1 amide bonds. The molecule has 1 N–H and O–H groups in total. The van der Waals surface area contributed by atoms with Gasteiger partial charge in [0.05, 0.1) is 17.4 Å². The van der Waals surface area contributed by atoms with E-state index in [0.717, 1.165) is 34.4 Å². The highest BCUT2D eigenvalue weighted by molar-refractivity contribution is 5.88. The molecule has 7 heteroatoms. The molecule has 0 unspecified atom stereocenters. The van der Waals surface area contributed by atoms with E-state index < -0.39 is 0 Å². The Morgan fingerprint density at radius 3 is 2.65 bits per heavy atom. The Morgan fingerprint density at radius 2 is 1.92 bits per heavy atom. The summed E-state index contributed by atoms with van der Waals surface area (Å²) in [5.74, 6) is 0.842. The lowest BCUT2D eigenvalue weighted by Gasteiger charge is -2.01. The van der Waals surface area contributed by atoms with Crippen LogP contribution in [0.25, 0.3) is 33.9 Å². The molecule has 0 aliphatic rings. The lowest BCUT2D eigenvalue weighted by atomic mass is 10.2. The molecule has 2 heterocycles. The van der Waals surface area contributed by atoms with Gasteiger partial charge < -0.3 is 14.4 Å². The number of benzene rings is 2. The zero-order valence-corrected chi connectivity index (χ0v) is 14.4. The maximum Gasteiger partial charge on any atom is 0.258 e. The van der Waals surface area contributed by atoms with E-state index in [4.69, 9.17) is 4.52 Å². The summed E-state index contributed by atoms with van der Waals surface area (Å²) in [6.07, 6.45) is 1.83. The van der Waals surface area contributed by atoms with Gasteiger partial charge in [-0.15, -0.1) is 0 Å². The van der Waals surface area contributed by atoms with E-state index in [1.54, 1.807) is 12.1 Å². The highest BCUT2D eigenvalue weighted by Crippen LogP contribution is 2.25. The smallest absolute Gasteiger partial charge is 0.258 e. The molecule has 0 saturated heterocycles. The standard InChI is InChI=1S/C19H17N5O2/c1-3-24-11-20-16-9-6-14(10-17(16)24)18-22-19(26-23-18)13-4-7-15(8-5-13)21-12(2)25/h4-11H,3H2,1-2H3,(H,21,25). The van der Waals surface area contributed by atoms with Gasteiger partial charge in [-0.1, -0.05) is 5.16 Å². The molecule has 130 valence electrons. The minimum atomic E-state index is -0.112. The summed E-state index contributed by atoms with van der Waals surface area (Å²) in [7, 11) is 0. The Hall–Kier alpha value is -3.48. The van der Waals surface area contributed by atoms with Crippen LogP contribution in [-0.2, 0) is 11.3 Å². The third-order valence-corrected chi connectivity index (χ3v) is 4.10. The zero-order valence-electron chi connectivity index (χ0n) is 14.4. The molecule has 0 aliphatic carbocycles. The van der Waals surface area contributed by atoms with Crippen molar-refractivity contribution in [2.75, 3.05) is 5.32 Å². The molecule has 2 aromatic carbocycles. The molecule has 7 nitrogen and oxygen atoms in total. The van der Waals surface area contributed by atoms with E-state index in [1.807, 2.05) is 36.7 Å². The predicted octanol–water partition coefficient (Wildman–Crippen LogP) is 3.73. The Bertz CT molecular complexity index is 1080. The predicted molar refractivity (Wildman–Crippen MR) is 98.4 cm³/mol. The number of aryl methyl sites for hydroxylation is 1. The van der Waals surface area contributed by atoms with Crippen LogP contribution in [0.3, 0.4) is 0 Å². The van der Waals surface area contributed by atoms with Gasteiger partial charge in [0.15, 0.2) is 0 Å². The van der Waals surface area contributed by atoms with Crippen molar-refractivity contribution in [3.8, 4) is 22.8 Å². The number of anilines is 1. The molecule has 0 aliphatic heterocycles. The van der Waals surface area contributed by atoms with Crippen LogP contribution in [0.4, 0.5) is 5.69 Å². The van der Waals surface area contributed by atoms with Crippen LogP contribution in [0.2, 0.25) is 0 Å². The second kappa shape index (κ2) is 6.44. The lowest BCUT2D eigenvalue weighted by Crippen LogP contribution is -2.05. The summed E-state index contributed by atoms with van der Waals surface area (Å²) in [4.78, 5) is 20.0. The Kier molecular flexibility index (Phi) is 3.96. The number of imidazole rings is 1. The summed E-state index contributed by atoms with van der Waals surface area (Å²) in [5.41, 5.74) is 4.36. The molecule has 4 aromatic rings. The summed E-state index contributed by atoms with van der Waals surface area (Å²) in [5, 5.41) is 6.82. The fourth-order valence-electron chi connectivity index (χ4n) is 2.81. The molecule has 26 heavy (non-hydrogen) atoms. The molecule has 0 spiro atoms. The molecule has 4 rings (SSSR count). The van der Waals surface area contributed by atoms with Crippen molar-refractivity contribution in [2.24, 2.45) is 0 Å². The number of amides is 1. The number of carbonyl (C=O) groups excluding carboxylic acids is 1. The third kappa shape index (κ3) is 2.95. The van der Waals surface area contributed by atoms with Gasteiger partial charge in [-0.2, -0.15) is 4.98 Å². The van der Waals surface area contributed by atoms with Gasteiger partial charge in [0.25, 0.3) is 5.89 Å². The average molecular weight is 347 g/mol. The quantitative estimate of drug-likeness (QED) is 0.608. The Morgan fingerprint density at radius 1 is 1.15 bits per heavy atom. The zero-order chi connectivity index (χ0) is 18.1. The van der Waals surface area contributed by atoms with Crippen LogP contribution in [0, 0.1) is 0 Å². The monoisotopic (exact) mass is 347 g/mol. The van der Waals surface area contributed by atoms with Crippen molar-refractivity contribution in [1.29, 1.82) is 0 Å². The number of carbonyl (C=O) groups is 1. The van der Waals surface area contributed by atoms with E-state index in [1.165, 1.54) is 6.92 Å².